The van der Waals surface area contributed by atoms with Crippen molar-refractivity contribution < 1.29 is 14.3 Å². The van der Waals surface area contributed by atoms with Gasteiger partial charge in [0.2, 0.25) is 0 Å². The molecule has 0 aliphatic heterocycles. The predicted molar refractivity (Wildman–Crippen MR) is 63.2 cm³/mol. The minimum absolute atomic E-state index is 0.300. The Bertz CT molecular complexity index is 402. The zero-order valence-corrected chi connectivity index (χ0v) is 11.1. The maximum atomic E-state index is 11.5. The van der Waals surface area contributed by atoms with Crippen LogP contribution in [0.25, 0.3) is 0 Å². The van der Waals surface area contributed by atoms with E-state index in [4.69, 9.17) is 4.74 Å². The highest BCUT2D eigenvalue weighted by Gasteiger charge is 2.14. The average Bonchev–Trinajstić information content (AvgIpc) is 2.22. The smallest absolute Gasteiger partial charge is 0.339 e. The van der Waals surface area contributed by atoms with Gasteiger partial charge in [-0.05, 0) is 50.9 Å². The maximum absolute atomic E-state index is 11.5. The van der Waals surface area contributed by atoms with Crippen LogP contribution in [0.3, 0.4) is 0 Å². The van der Waals surface area contributed by atoms with Gasteiger partial charge in [0.05, 0.1) is 12.2 Å². The van der Waals surface area contributed by atoms with Crippen LogP contribution in [0, 0.1) is 0 Å². The van der Waals surface area contributed by atoms with Crippen LogP contribution in [0.2, 0.25) is 0 Å². The van der Waals surface area contributed by atoms with Crippen LogP contribution < -0.4 is 0 Å². The summed E-state index contributed by atoms with van der Waals surface area (Å²) in [5.41, 5.74) is 0.765. The van der Waals surface area contributed by atoms with E-state index in [2.05, 4.69) is 31.9 Å². The van der Waals surface area contributed by atoms with E-state index < -0.39 is 5.97 Å². The zero-order valence-electron chi connectivity index (χ0n) is 7.92. The highest BCUT2D eigenvalue weighted by Crippen LogP contribution is 2.28. The number of rotatable bonds is 3. The van der Waals surface area contributed by atoms with E-state index in [1.54, 1.807) is 13.0 Å². The summed E-state index contributed by atoms with van der Waals surface area (Å²) in [7, 11) is 0. The Morgan fingerprint density at radius 1 is 1.47 bits per heavy atom. The number of halogens is 2. The molecule has 0 spiro atoms. The Hall–Kier alpha value is -0.680. The quantitative estimate of drug-likeness (QED) is 0.629. The van der Waals surface area contributed by atoms with Gasteiger partial charge in [0, 0.05) is 14.5 Å². The summed E-state index contributed by atoms with van der Waals surface area (Å²) in [5.74, 6) is -0.450. The molecule has 0 aromatic heterocycles. The van der Waals surface area contributed by atoms with Crippen LogP contribution in [0.5, 0.6) is 0 Å². The van der Waals surface area contributed by atoms with E-state index in [1.165, 1.54) is 6.07 Å². The number of carbonyl (C=O) groups is 2. The Morgan fingerprint density at radius 3 is 2.67 bits per heavy atom. The highest BCUT2D eigenvalue weighted by atomic mass is 79.9. The summed E-state index contributed by atoms with van der Waals surface area (Å²) in [5, 5.41) is 0. The largest absolute Gasteiger partial charge is 0.462 e. The van der Waals surface area contributed by atoms with Crippen LogP contribution in [0.15, 0.2) is 21.1 Å². The van der Waals surface area contributed by atoms with Crippen molar-refractivity contribution in [3.63, 3.8) is 0 Å². The van der Waals surface area contributed by atoms with E-state index >= 15 is 0 Å². The van der Waals surface area contributed by atoms with E-state index in [0.29, 0.717) is 33.0 Å². The van der Waals surface area contributed by atoms with Crippen LogP contribution in [-0.2, 0) is 4.74 Å². The van der Waals surface area contributed by atoms with Crippen molar-refractivity contribution in [2.45, 2.75) is 6.92 Å². The van der Waals surface area contributed by atoms with Crippen molar-refractivity contribution in [1.29, 1.82) is 0 Å². The molecule has 80 valence electrons. The van der Waals surface area contributed by atoms with E-state index in [9.17, 15) is 9.59 Å². The molecule has 0 saturated heterocycles. The van der Waals surface area contributed by atoms with Gasteiger partial charge < -0.3 is 4.74 Å². The number of esters is 1. The first-order valence-electron chi connectivity index (χ1n) is 4.21. The van der Waals surface area contributed by atoms with Gasteiger partial charge in [-0.25, -0.2) is 4.79 Å². The molecular formula is C10H8Br2O3. The van der Waals surface area contributed by atoms with Gasteiger partial charge in [0.1, 0.15) is 6.29 Å². The molecule has 0 aliphatic carbocycles. The maximum Gasteiger partial charge on any atom is 0.339 e. The lowest BCUT2D eigenvalue weighted by Gasteiger charge is -2.06. The number of ether oxygens (including phenoxy) is 1. The summed E-state index contributed by atoms with van der Waals surface area (Å²) < 4.78 is 6.10. The topological polar surface area (TPSA) is 43.4 Å². The normalized spacial score (nSPS) is 9.80. The third kappa shape index (κ3) is 2.89. The van der Waals surface area contributed by atoms with Crippen molar-refractivity contribution in [2.75, 3.05) is 6.61 Å². The summed E-state index contributed by atoms with van der Waals surface area (Å²) >= 11 is 6.49. The van der Waals surface area contributed by atoms with Crippen LogP contribution in [0.4, 0.5) is 0 Å². The van der Waals surface area contributed by atoms with E-state index in [-0.39, 0.29) is 0 Å². The lowest BCUT2D eigenvalue weighted by molar-refractivity contribution is 0.0525. The molecule has 0 N–H and O–H groups in total. The van der Waals surface area contributed by atoms with Gasteiger partial charge in [0.15, 0.2) is 0 Å². The number of hydrogen-bond acceptors (Lipinski definition) is 3. The van der Waals surface area contributed by atoms with Crippen molar-refractivity contribution in [1.82, 2.24) is 0 Å². The Labute approximate surface area is 104 Å². The molecule has 1 aromatic carbocycles. The van der Waals surface area contributed by atoms with Gasteiger partial charge in [-0.3, -0.25) is 4.79 Å². The second kappa shape index (κ2) is 5.42. The van der Waals surface area contributed by atoms with Gasteiger partial charge in [-0.2, -0.15) is 0 Å². The van der Waals surface area contributed by atoms with Crippen LogP contribution in [0.1, 0.15) is 27.6 Å². The van der Waals surface area contributed by atoms with E-state index in [0.717, 1.165) is 0 Å². The second-order valence-electron chi connectivity index (χ2n) is 2.70. The number of benzene rings is 1. The Morgan fingerprint density at radius 2 is 2.13 bits per heavy atom. The SMILES string of the molecule is CCOC(=O)c1cc(C=O)cc(Br)c1Br. The first-order chi connectivity index (χ1) is 7.10. The fourth-order valence-electron chi connectivity index (χ4n) is 1.04. The molecule has 0 aliphatic rings. The second-order valence-corrected chi connectivity index (χ2v) is 4.35. The first-order valence-corrected chi connectivity index (χ1v) is 5.80. The molecule has 5 heteroatoms. The van der Waals surface area contributed by atoms with E-state index in [1.807, 2.05) is 0 Å². The molecule has 0 radical (unpaired) electrons. The third-order valence-corrected chi connectivity index (χ3v) is 3.69. The summed E-state index contributed by atoms with van der Waals surface area (Å²) in [6.45, 7) is 2.03. The molecule has 0 heterocycles. The van der Waals surface area contributed by atoms with Gasteiger partial charge in [-0.1, -0.05) is 0 Å². The lowest BCUT2D eigenvalue weighted by atomic mass is 10.1. The minimum atomic E-state index is -0.450. The molecule has 0 bridgehead atoms. The third-order valence-electron chi connectivity index (χ3n) is 1.68. The summed E-state index contributed by atoms with van der Waals surface area (Å²) in [4.78, 5) is 22.1. The molecule has 1 aromatic rings. The van der Waals surface area contributed by atoms with Crippen molar-refractivity contribution in [3.05, 3.63) is 32.2 Å². The fourth-order valence-corrected chi connectivity index (χ4v) is 1.90. The average molecular weight is 336 g/mol. The monoisotopic (exact) mass is 334 g/mol. The fraction of sp³-hybridized carbons (Fsp3) is 0.200. The molecule has 1 rings (SSSR count). The molecule has 15 heavy (non-hydrogen) atoms. The van der Waals surface area contributed by atoms with Crippen LogP contribution in [-0.4, -0.2) is 18.9 Å². The Kier molecular flexibility index (Phi) is 4.47. The van der Waals surface area contributed by atoms with Gasteiger partial charge in [0.25, 0.3) is 0 Å². The van der Waals surface area contributed by atoms with Crippen LogP contribution >= 0.6 is 31.9 Å². The van der Waals surface area contributed by atoms with Crippen molar-refractivity contribution >= 4 is 44.1 Å². The number of hydrogen-bond donors (Lipinski definition) is 0. The molecule has 0 saturated carbocycles. The number of carbonyl (C=O) groups excluding carboxylic acids is 2. The highest BCUT2D eigenvalue weighted by molar-refractivity contribution is 9.13. The number of aldehydes is 1. The van der Waals surface area contributed by atoms with Crippen molar-refractivity contribution in [2.24, 2.45) is 0 Å². The summed E-state index contributed by atoms with van der Waals surface area (Å²) in [6.07, 6.45) is 0.680. The molecule has 3 nitrogen and oxygen atoms in total. The Balaban J connectivity index is 3.21. The molecule has 0 amide bonds. The first kappa shape index (κ1) is 12.4. The molecule has 0 fully saturated rings. The molecular weight excluding hydrogens is 328 g/mol. The summed E-state index contributed by atoms with van der Waals surface area (Å²) in [6, 6.07) is 3.11. The molecule has 0 atom stereocenters. The zero-order chi connectivity index (χ0) is 11.4. The van der Waals surface area contributed by atoms with Crippen molar-refractivity contribution in [3.8, 4) is 0 Å². The lowest BCUT2D eigenvalue weighted by Crippen LogP contribution is -2.06. The predicted octanol–water partition coefficient (Wildman–Crippen LogP) is 3.20. The molecule has 0 unspecified atom stereocenters. The minimum Gasteiger partial charge on any atom is -0.462 e. The standard InChI is InChI=1S/C10H8Br2O3/c1-2-15-10(14)7-3-6(5-13)4-8(11)9(7)12/h3-5H,2H2,1H3. The van der Waals surface area contributed by atoms with Gasteiger partial charge >= 0.3 is 5.97 Å². The van der Waals surface area contributed by atoms with Gasteiger partial charge in [-0.15, -0.1) is 0 Å².